The maximum absolute atomic E-state index is 11.5. The number of aromatic nitrogens is 3. The van der Waals surface area contributed by atoms with Crippen molar-refractivity contribution in [2.75, 3.05) is 52.3 Å². The van der Waals surface area contributed by atoms with E-state index in [1.807, 2.05) is 6.92 Å². The summed E-state index contributed by atoms with van der Waals surface area (Å²) in [6.07, 6.45) is 1.28. The quantitative estimate of drug-likeness (QED) is 0.331. The molecule has 1 fully saturated rings. The normalized spacial score (nSPS) is 15.3. The second-order valence-corrected chi connectivity index (χ2v) is 9.58. The van der Waals surface area contributed by atoms with Crippen molar-refractivity contribution >= 4 is 15.7 Å². The summed E-state index contributed by atoms with van der Waals surface area (Å²) in [4.78, 5) is 13.3. The molecule has 2 rings (SSSR count). The Balaban J connectivity index is 1.55. The molecule has 0 spiro atoms. The van der Waals surface area contributed by atoms with Crippen LogP contribution in [0.25, 0.3) is 0 Å². The largest absolute Gasteiger partial charge is 0.377 e. The maximum Gasteiger partial charge on any atom is 0.246 e. The zero-order valence-electron chi connectivity index (χ0n) is 17.4. The molecular formula is C18H31N5O5S. The van der Waals surface area contributed by atoms with Gasteiger partial charge in [-0.3, -0.25) is 9.69 Å². The fourth-order valence-electron chi connectivity index (χ4n) is 2.75. The highest BCUT2D eigenvalue weighted by atomic mass is 32.2. The van der Waals surface area contributed by atoms with Crippen LogP contribution in [-0.2, 0) is 37.2 Å². The molecule has 0 saturated carbocycles. The number of nitrogens with one attached hydrogen (secondary N) is 1. The summed E-state index contributed by atoms with van der Waals surface area (Å²) in [6.45, 7) is 11.7. The minimum Gasteiger partial charge on any atom is -0.377 e. The van der Waals surface area contributed by atoms with E-state index in [0.29, 0.717) is 64.7 Å². The lowest BCUT2D eigenvalue weighted by Gasteiger charge is -2.37. The van der Waals surface area contributed by atoms with Gasteiger partial charge >= 0.3 is 0 Å². The van der Waals surface area contributed by atoms with Crippen molar-refractivity contribution in [1.82, 2.24) is 25.2 Å². The van der Waals surface area contributed by atoms with Gasteiger partial charge < -0.3 is 14.8 Å². The van der Waals surface area contributed by atoms with Gasteiger partial charge in [0.1, 0.15) is 0 Å². The van der Waals surface area contributed by atoms with E-state index in [4.69, 9.17) is 9.47 Å². The summed E-state index contributed by atoms with van der Waals surface area (Å²) in [5.41, 5.74) is 2.29. The molecule has 1 aromatic rings. The molecule has 0 aromatic carbocycles. The summed E-state index contributed by atoms with van der Waals surface area (Å²) in [6, 6.07) is 0. The van der Waals surface area contributed by atoms with Crippen molar-refractivity contribution in [3.63, 3.8) is 0 Å². The van der Waals surface area contributed by atoms with Gasteiger partial charge in [0.05, 0.1) is 49.6 Å². The molecule has 11 heteroatoms. The SMILES string of the molecule is C=C(C)C(=O)NCCOCCOCCn1nnc(CN2CC(S(C)(=O)=O)C2)c1C. The van der Waals surface area contributed by atoms with Gasteiger partial charge in [0.15, 0.2) is 9.84 Å². The first kappa shape index (κ1) is 23.5. The first-order valence-corrected chi connectivity index (χ1v) is 11.5. The molecule has 164 valence electrons. The van der Waals surface area contributed by atoms with Gasteiger partial charge in [0.2, 0.25) is 5.91 Å². The summed E-state index contributed by atoms with van der Waals surface area (Å²) >= 11 is 0. The Labute approximate surface area is 172 Å². The number of likely N-dealkylation sites (tertiary alicyclic amines) is 1. The number of ether oxygens (including phenoxy) is 2. The molecule has 0 bridgehead atoms. The predicted octanol–water partition coefficient (Wildman–Crippen LogP) is -0.459. The zero-order valence-corrected chi connectivity index (χ0v) is 18.2. The van der Waals surface area contributed by atoms with Crippen LogP contribution < -0.4 is 5.32 Å². The zero-order chi connectivity index (χ0) is 21.4. The number of sulfone groups is 1. The molecule has 1 aromatic heterocycles. The average Bonchev–Trinajstić information content (AvgIpc) is 2.94. The lowest BCUT2D eigenvalue weighted by Crippen LogP contribution is -2.53. The predicted molar refractivity (Wildman–Crippen MR) is 108 cm³/mol. The van der Waals surface area contributed by atoms with Crippen LogP contribution in [0.15, 0.2) is 12.2 Å². The van der Waals surface area contributed by atoms with E-state index in [0.717, 1.165) is 11.4 Å². The first-order valence-electron chi connectivity index (χ1n) is 9.58. The number of hydrogen-bond acceptors (Lipinski definition) is 8. The van der Waals surface area contributed by atoms with E-state index in [-0.39, 0.29) is 11.2 Å². The lowest BCUT2D eigenvalue weighted by molar-refractivity contribution is -0.117. The average molecular weight is 430 g/mol. The van der Waals surface area contributed by atoms with Gasteiger partial charge in [0, 0.05) is 38.0 Å². The van der Waals surface area contributed by atoms with Gasteiger partial charge in [-0.05, 0) is 13.8 Å². The van der Waals surface area contributed by atoms with Crippen LogP contribution >= 0.6 is 0 Å². The number of amides is 1. The van der Waals surface area contributed by atoms with Gasteiger partial charge in [0.25, 0.3) is 0 Å². The Morgan fingerprint density at radius 3 is 2.52 bits per heavy atom. The van der Waals surface area contributed by atoms with Crippen molar-refractivity contribution in [1.29, 1.82) is 0 Å². The molecule has 29 heavy (non-hydrogen) atoms. The summed E-state index contributed by atoms with van der Waals surface area (Å²) < 4.78 is 35.7. The highest BCUT2D eigenvalue weighted by Crippen LogP contribution is 2.18. The Hall–Kier alpha value is -1.82. The number of carbonyl (C=O) groups is 1. The molecule has 1 aliphatic rings. The van der Waals surface area contributed by atoms with Crippen LogP contribution in [0.3, 0.4) is 0 Å². The standard InChI is InChI=1S/C18H31N5O5S/c1-14(2)18(24)19-5-7-27-9-10-28-8-6-23-15(3)17(20-21-23)13-22-11-16(12-22)29(4,25)26/h16H,1,5-13H2,2-4H3,(H,19,24). The van der Waals surface area contributed by atoms with Gasteiger partial charge in [-0.2, -0.15) is 0 Å². The minimum atomic E-state index is -2.96. The van der Waals surface area contributed by atoms with Crippen molar-refractivity contribution in [3.8, 4) is 0 Å². The van der Waals surface area contributed by atoms with E-state index >= 15 is 0 Å². The van der Waals surface area contributed by atoms with Gasteiger partial charge in [-0.15, -0.1) is 5.10 Å². The second-order valence-electron chi connectivity index (χ2n) is 7.25. The first-order chi connectivity index (χ1) is 13.7. The van der Waals surface area contributed by atoms with E-state index in [2.05, 4.69) is 27.1 Å². The fourth-order valence-corrected chi connectivity index (χ4v) is 3.71. The lowest BCUT2D eigenvalue weighted by atomic mass is 10.2. The van der Waals surface area contributed by atoms with E-state index in [9.17, 15) is 13.2 Å². The third kappa shape index (κ3) is 7.50. The van der Waals surface area contributed by atoms with Crippen molar-refractivity contribution in [3.05, 3.63) is 23.5 Å². The molecule has 0 aliphatic carbocycles. The molecule has 0 radical (unpaired) electrons. The fraction of sp³-hybridized carbons (Fsp3) is 0.722. The van der Waals surface area contributed by atoms with Crippen LogP contribution in [0, 0.1) is 6.92 Å². The van der Waals surface area contributed by atoms with Crippen LogP contribution in [0.1, 0.15) is 18.3 Å². The minimum absolute atomic E-state index is 0.170. The van der Waals surface area contributed by atoms with Crippen molar-refractivity contribution in [2.24, 2.45) is 0 Å². The molecule has 1 saturated heterocycles. The number of nitrogens with zero attached hydrogens (tertiary/aromatic N) is 4. The molecule has 0 unspecified atom stereocenters. The summed E-state index contributed by atoms with van der Waals surface area (Å²) in [7, 11) is -2.96. The molecule has 0 atom stereocenters. The third-order valence-corrected chi connectivity index (χ3v) is 6.23. The molecule has 2 heterocycles. The second kappa shape index (κ2) is 10.8. The Morgan fingerprint density at radius 2 is 1.90 bits per heavy atom. The Kier molecular flexibility index (Phi) is 8.75. The van der Waals surface area contributed by atoms with Crippen LogP contribution in [0.4, 0.5) is 0 Å². The molecule has 10 nitrogen and oxygen atoms in total. The highest BCUT2D eigenvalue weighted by molar-refractivity contribution is 7.91. The van der Waals surface area contributed by atoms with Gasteiger partial charge in [-0.1, -0.05) is 11.8 Å². The van der Waals surface area contributed by atoms with Crippen LogP contribution in [0.5, 0.6) is 0 Å². The van der Waals surface area contributed by atoms with Crippen molar-refractivity contribution in [2.45, 2.75) is 32.2 Å². The van der Waals surface area contributed by atoms with E-state index < -0.39 is 9.84 Å². The van der Waals surface area contributed by atoms with E-state index in [1.54, 1.807) is 11.6 Å². The highest BCUT2D eigenvalue weighted by Gasteiger charge is 2.34. The summed E-state index contributed by atoms with van der Waals surface area (Å²) in [5.74, 6) is -0.170. The smallest absolute Gasteiger partial charge is 0.246 e. The van der Waals surface area contributed by atoms with Crippen molar-refractivity contribution < 1.29 is 22.7 Å². The van der Waals surface area contributed by atoms with E-state index in [1.165, 1.54) is 6.26 Å². The molecule has 1 aliphatic heterocycles. The monoisotopic (exact) mass is 429 g/mol. The van der Waals surface area contributed by atoms with Crippen LogP contribution in [0.2, 0.25) is 0 Å². The number of rotatable bonds is 13. The number of carbonyl (C=O) groups excluding carboxylic acids is 1. The topological polar surface area (TPSA) is 116 Å². The third-order valence-electron chi connectivity index (χ3n) is 4.72. The number of hydrogen-bond donors (Lipinski definition) is 1. The molecule has 1 N–H and O–H groups in total. The van der Waals surface area contributed by atoms with Crippen LogP contribution in [-0.4, -0.2) is 91.8 Å². The summed E-state index contributed by atoms with van der Waals surface area (Å²) in [5, 5.41) is 10.8. The molecular weight excluding hydrogens is 398 g/mol. The Bertz CT molecular complexity index is 802. The maximum atomic E-state index is 11.5. The van der Waals surface area contributed by atoms with Gasteiger partial charge in [-0.25, -0.2) is 13.1 Å². The Morgan fingerprint density at radius 1 is 1.24 bits per heavy atom. The molecule has 1 amide bonds.